The van der Waals surface area contributed by atoms with E-state index in [-0.39, 0.29) is 11.7 Å². The molecule has 0 aliphatic carbocycles. The van der Waals surface area contributed by atoms with Crippen LogP contribution in [0.3, 0.4) is 0 Å². The van der Waals surface area contributed by atoms with Crippen LogP contribution in [0, 0.1) is 5.92 Å². The average Bonchev–Trinajstić information content (AvgIpc) is 2.98. The Kier molecular flexibility index (Phi) is 3.06. The van der Waals surface area contributed by atoms with Crippen molar-refractivity contribution in [3.63, 3.8) is 0 Å². The summed E-state index contributed by atoms with van der Waals surface area (Å²) in [5.74, 6) is 2.04. The minimum Gasteiger partial charge on any atom is -0.264 e. The molecule has 0 bridgehead atoms. The highest BCUT2D eigenvalue weighted by molar-refractivity contribution is 7.91. The first kappa shape index (κ1) is 12.3. The van der Waals surface area contributed by atoms with Crippen LogP contribution in [0.5, 0.6) is 0 Å². The van der Waals surface area contributed by atoms with Crippen LogP contribution in [-0.2, 0) is 16.3 Å². The third-order valence-electron chi connectivity index (χ3n) is 3.26. The number of aromatic amines is 1. The molecule has 0 amide bonds. The van der Waals surface area contributed by atoms with Gasteiger partial charge in [0.1, 0.15) is 5.82 Å². The molecule has 0 aromatic carbocycles. The Morgan fingerprint density at radius 3 is 3.00 bits per heavy atom. The lowest BCUT2D eigenvalue weighted by Crippen LogP contribution is -2.08. The fourth-order valence-electron chi connectivity index (χ4n) is 2.32. The summed E-state index contributed by atoms with van der Waals surface area (Å²) >= 11 is 0. The van der Waals surface area contributed by atoms with E-state index in [9.17, 15) is 8.42 Å². The maximum atomic E-state index is 11.4. The zero-order valence-electron chi connectivity index (χ0n) is 10.3. The molecule has 100 valence electrons. The molecule has 1 unspecified atom stereocenters. The molecule has 1 fully saturated rings. The second kappa shape index (κ2) is 4.73. The molecule has 2 aromatic rings. The van der Waals surface area contributed by atoms with Crippen LogP contribution in [0.2, 0.25) is 0 Å². The lowest BCUT2D eigenvalue weighted by atomic mass is 10.1. The molecule has 1 saturated heterocycles. The van der Waals surface area contributed by atoms with E-state index < -0.39 is 9.84 Å². The molecule has 1 atom stereocenters. The minimum absolute atomic E-state index is 0.152. The van der Waals surface area contributed by atoms with Gasteiger partial charge in [-0.05, 0) is 24.5 Å². The molecule has 6 nitrogen and oxygen atoms in total. The van der Waals surface area contributed by atoms with Gasteiger partial charge in [-0.3, -0.25) is 10.1 Å². The zero-order valence-corrected chi connectivity index (χ0v) is 11.1. The van der Waals surface area contributed by atoms with E-state index in [2.05, 4.69) is 20.2 Å². The first-order chi connectivity index (χ1) is 9.12. The number of H-pyrrole nitrogens is 1. The van der Waals surface area contributed by atoms with Gasteiger partial charge in [-0.1, -0.05) is 0 Å². The highest BCUT2D eigenvalue weighted by atomic mass is 32.2. The Morgan fingerprint density at radius 2 is 2.32 bits per heavy atom. The maximum absolute atomic E-state index is 11.4. The van der Waals surface area contributed by atoms with Gasteiger partial charge in [0.25, 0.3) is 0 Å². The van der Waals surface area contributed by atoms with Crippen molar-refractivity contribution < 1.29 is 8.42 Å². The molecule has 1 aliphatic heterocycles. The van der Waals surface area contributed by atoms with Gasteiger partial charge in [0, 0.05) is 24.4 Å². The summed E-state index contributed by atoms with van der Waals surface area (Å²) in [7, 11) is -2.83. The minimum atomic E-state index is -2.83. The smallest absolute Gasteiger partial charge is 0.182 e. The van der Waals surface area contributed by atoms with E-state index in [4.69, 9.17) is 0 Å². The highest BCUT2D eigenvalue weighted by Gasteiger charge is 2.28. The summed E-state index contributed by atoms with van der Waals surface area (Å²) in [6.07, 6.45) is 4.74. The van der Waals surface area contributed by atoms with Crippen molar-refractivity contribution in [1.82, 2.24) is 20.2 Å². The molecule has 3 rings (SSSR count). The highest BCUT2D eigenvalue weighted by Crippen LogP contribution is 2.22. The first-order valence-electron chi connectivity index (χ1n) is 6.14. The Balaban J connectivity index is 1.73. The Hall–Kier alpha value is -1.76. The molecular formula is C12H14N4O2S. The zero-order chi connectivity index (χ0) is 13.3. The molecule has 2 aromatic heterocycles. The number of aromatic nitrogens is 4. The van der Waals surface area contributed by atoms with Gasteiger partial charge >= 0.3 is 0 Å². The topological polar surface area (TPSA) is 88.6 Å². The molecule has 0 spiro atoms. The monoisotopic (exact) mass is 278 g/mol. The van der Waals surface area contributed by atoms with Crippen molar-refractivity contribution in [2.24, 2.45) is 5.92 Å². The molecule has 1 aliphatic rings. The average molecular weight is 278 g/mol. The molecular weight excluding hydrogens is 264 g/mol. The van der Waals surface area contributed by atoms with Gasteiger partial charge in [-0.15, -0.1) is 0 Å². The number of hydrogen-bond donors (Lipinski definition) is 1. The molecule has 3 heterocycles. The van der Waals surface area contributed by atoms with Gasteiger partial charge in [0.05, 0.1) is 11.5 Å². The third kappa shape index (κ3) is 2.81. The van der Waals surface area contributed by atoms with Crippen LogP contribution in [0.4, 0.5) is 0 Å². The molecule has 0 saturated carbocycles. The number of hydrogen-bond acceptors (Lipinski definition) is 5. The van der Waals surface area contributed by atoms with E-state index in [1.807, 2.05) is 12.1 Å². The molecule has 7 heteroatoms. The molecule has 0 radical (unpaired) electrons. The predicted molar refractivity (Wildman–Crippen MR) is 70.1 cm³/mol. The van der Waals surface area contributed by atoms with Crippen LogP contribution in [-0.4, -0.2) is 40.1 Å². The number of nitrogens with one attached hydrogen (secondary N) is 1. The SMILES string of the molecule is O=S1(=O)CCC(Cc2nc(-c3cccnc3)n[nH]2)C1. The number of pyridine rings is 1. The number of sulfone groups is 1. The van der Waals surface area contributed by atoms with E-state index in [0.29, 0.717) is 24.4 Å². The largest absolute Gasteiger partial charge is 0.264 e. The van der Waals surface area contributed by atoms with Crippen molar-refractivity contribution in [3.8, 4) is 11.4 Å². The number of nitrogens with zero attached hydrogens (tertiary/aromatic N) is 3. The van der Waals surface area contributed by atoms with Crippen molar-refractivity contribution in [3.05, 3.63) is 30.4 Å². The van der Waals surface area contributed by atoms with Crippen LogP contribution in [0.25, 0.3) is 11.4 Å². The maximum Gasteiger partial charge on any atom is 0.182 e. The molecule has 19 heavy (non-hydrogen) atoms. The summed E-state index contributed by atoms with van der Waals surface area (Å²) in [5.41, 5.74) is 0.851. The fourth-order valence-corrected chi connectivity index (χ4v) is 4.18. The second-order valence-electron chi connectivity index (χ2n) is 4.82. The van der Waals surface area contributed by atoms with Gasteiger partial charge in [0.2, 0.25) is 0 Å². The predicted octanol–water partition coefficient (Wildman–Crippen LogP) is 0.844. The standard InChI is InChI=1S/C12H14N4O2S/c17-19(18)5-3-9(8-19)6-11-14-12(16-15-11)10-2-1-4-13-7-10/h1-2,4,7,9H,3,5-6,8H2,(H,14,15,16). The molecule has 1 N–H and O–H groups in total. The summed E-state index contributed by atoms with van der Waals surface area (Å²) in [5, 5.41) is 7.01. The summed E-state index contributed by atoms with van der Waals surface area (Å²) in [6, 6.07) is 3.72. The lowest BCUT2D eigenvalue weighted by molar-refractivity contribution is 0.570. The van der Waals surface area contributed by atoms with Crippen LogP contribution >= 0.6 is 0 Å². The Labute approximate surface area is 111 Å². The Morgan fingerprint density at radius 1 is 1.42 bits per heavy atom. The van der Waals surface area contributed by atoms with E-state index in [1.165, 1.54) is 0 Å². The van der Waals surface area contributed by atoms with Gasteiger partial charge in [0.15, 0.2) is 15.7 Å². The summed E-state index contributed by atoms with van der Waals surface area (Å²) < 4.78 is 22.8. The fraction of sp³-hybridized carbons (Fsp3) is 0.417. The van der Waals surface area contributed by atoms with Crippen molar-refractivity contribution in [2.45, 2.75) is 12.8 Å². The second-order valence-corrected chi connectivity index (χ2v) is 7.05. The van der Waals surface area contributed by atoms with Crippen LogP contribution in [0.15, 0.2) is 24.5 Å². The Bertz CT molecular complexity index is 666. The van der Waals surface area contributed by atoms with E-state index >= 15 is 0 Å². The quantitative estimate of drug-likeness (QED) is 0.899. The van der Waals surface area contributed by atoms with Crippen molar-refractivity contribution >= 4 is 9.84 Å². The van der Waals surface area contributed by atoms with E-state index in [0.717, 1.165) is 11.4 Å². The third-order valence-corrected chi connectivity index (χ3v) is 5.10. The van der Waals surface area contributed by atoms with Crippen molar-refractivity contribution in [1.29, 1.82) is 0 Å². The van der Waals surface area contributed by atoms with Gasteiger partial charge < -0.3 is 0 Å². The van der Waals surface area contributed by atoms with Gasteiger partial charge in [-0.2, -0.15) is 5.10 Å². The van der Waals surface area contributed by atoms with E-state index in [1.54, 1.807) is 12.4 Å². The summed E-state index contributed by atoms with van der Waals surface area (Å²) in [6.45, 7) is 0. The normalized spacial score (nSPS) is 21.6. The van der Waals surface area contributed by atoms with Crippen LogP contribution < -0.4 is 0 Å². The number of rotatable bonds is 3. The lowest BCUT2D eigenvalue weighted by Gasteiger charge is -2.02. The first-order valence-corrected chi connectivity index (χ1v) is 7.97. The van der Waals surface area contributed by atoms with Crippen LogP contribution in [0.1, 0.15) is 12.2 Å². The summed E-state index contributed by atoms with van der Waals surface area (Å²) in [4.78, 5) is 8.41. The van der Waals surface area contributed by atoms with Gasteiger partial charge in [-0.25, -0.2) is 13.4 Å². The van der Waals surface area contributed by atoms with Crippen molar-refractivity contribution in [2.75, 3.05) is 11.5 Å².